The highest BCUT2D eigenvalue weighted by molar-refractivity contribution is 6.34. The summed E-state index contributed by atoms with van der Waals surface area (Å²) in [7, 11) is 1.33. The SMILES string of the molecule is COc1cc(NC(=O)c2coc(C)c2)c(Cl)cc1C(=O)O. The van der Waals surface area contributed by atoms with Gasteiger partial charge in [-0.25, -0.2) is 4.79 Å². The van der Waals surface area contributed by atoms with E-state index >= 15 is 0 Å². The van der Waals surface area contributed by atoms with Crippen LogP contribution in [0.5, 0.6) is 5.75 Å². The average molecular weight is 310 g/mol. The number of amides is 1. The number of ether oxygens (including phenoxy) is 1. The number of carboxylic acids is 1. The van der Waals surface area contributed by atoms with Crippen LogP contribution in [0.2, 0.25) is 5.02 Å². The number of aryl methyl sites for hydroxylation is 1. The van der Waals surface area contributed by atoms with Crippen molar-refractivity contribution in [3.8, 4) is 5.75 Å². The van der Waals surface area contributed by atoms with Gasteiger partial charge < -0.3 is 19.6 Å². The molecule has 0 saturated heterocycles. The third-order valence-corrected chi connectivity index (χ3v) is 3.07. The summed E-state index contributed by atoms with van der Waals surface area (Å²) < 4.78 is 10.0. The van der Waals surface area contributed by atoms with E-state index in [1.807, 2.05) is 0 Å². The lowest BCUT2D eigenvalue weighted by Gasteiger charge is -2.11. The molecular formula is C14H12ClNO5. The molecule has 1 aromatic heterocycles. The molecule has 1 aromatic carbocycles. The second-order valence-corrected chi connectivity index (χ2v) is 4.64. The lowest BCUT2D eigenvalue weighted by atomic mass is 10.1. The Labute approximate surface area is 125 Å². The number of rotatable bonds is 4. The molecule has 0 aliphatic heterocycles. The fraction of sp³-hybridized carbons (Fsp3) is 0.143. The Bertz CT molecular complexity index is 707. The number of furan rings is 1. The normalized spacial score (nSPS) is 10.2. The molecule has 0 fully saturated rings. The van der Waals surface area contributed by atoms with Crippen molar-refractivity contribution in [3.63, 3.8) is 0 Å². The van der Waals surface area contributed by atoms with Gasteiger partial charge >= 0.3 is 5.97 Å². The number of carbonyl (C=O) groups is 2. The van der Waals surface area contributed by atoms with Gasteiger partial charge in [-0.3, -0.25) is 4.79 Å². The molecule has 0 aliphatic rings. The molecular weight excluding hydrogens is 298 g/mol. The van der Waals surface area contributed by atoms with Gasteiger partial charge in [0, 0.05) is 6.07 Å². The highest BCUT2D eigenvalue weighted by Gasteiger charge is 2.17. The molecule has 0 radical (unpaired) electrons. The summed E-state index contributed by atoms with van der Waals surface area (Å²) in [6.45, 7) is 1.72. The van der Waals surface area contributed by atoms with Crippen LogP contribution in [0.3, 0.4) is 0 Å². The molecule has 0 unspecified atom stereocenters. The van der Waals surface area contributed by atoms with Gasteiger partial charge in [0.2, 0.25) is 0 Å². The fourth-order valence-electron chi connectivity index (χ4n) is 1.74. The standard InChI is InChI=1S/C14H12ClNO5/c1-7-3-8(6-21-7)13(17)16-11-5-12(20-2)9(14(18)19)4-10(11)15/h3-6H,1-2H3,(H,16,17)(H,18,19). The van der Waals surface area contributed by atoms with E-state index in [9.17, 15) is 9.59 Å². The van der Waals surface area contributed by atoms with Crippen LogP contribution in [0.1, 0.15) is 26.5 Å². The Hall–Kier alpha value is -2.47. The molecule has 21 heavy (non-hydrogen) atoms. The Kier molecular flexibility index (Phi) is 4.18. The maximum Gasteiger partial charge on any atom is 0.339 e. The minimum absolute atomic E-state index is 0.0837. The number of benzene rings is 1. The topological polar surface area (TPSA) is 88.8 Å². The van der Waals surface area contributed by atoms with Gasteiger partial charge in [-0.05, 0) is 19.1 Å². The third-order valence-electron chi connectivity index (χ3n) is 2.76. The number of methoxy groups -OCH3 is 1. The monoisotopic (exact) mass is 309 g/mol. The van der Waals surface area contributed by atoms with Crippen LogP contribution in [0.25, 0.3) is 0 Å². The number of nitrogens with one attached hydrogen (secondary N) is 1. The maximum absolute atomic E-state index is 12.0. The van der Waals surface area contributed by atoms with E-state index < -0.39 is 11.9 Å². The first-order chi connectivity index (χ1) is 9.92. The average Bonchev–Trinajstić information content (AvgIpc) is 2.87. The van der Waals surface area contributed by atoms with Gasteiger partial charge in [0.15, 0.2) is 0 Å². The summed E-state index contributed by atoms with van der Waals surface area (Å²) in [6, 6.07) is 4.15. The Balaban J connectivity index is 2.32. The van der Waals surface area contributed by atoms with Crippen molar-refractivity contribution in [2.24, 2.45) is 0 Å². The zero-order valence-corrected chi connectivity index (χ0v) is 12.0. The van der Waals surface area contributed by atoms with Gasteiger partial charge in [-0.1, -0.05) is 11.6 Å². The van der Waals surface area contributed by atoms with E-state index in [4.69, 9.17) is 25.9 Å². The van der Waals surface area contributed by atoms with Crippen molar-refractivity contribution in [2.75, 3.05) is 12.4 Å². The highest BCUT2D eigenvalue weighted by Crippen LogP contribution is 2.31. The van der Waals surface area contributed by atoms with E-state index in [0.717, 1.165) is 0 Å². The molecule has 7 heteroatoms. The van der Waals surface area contributed by atoms with Crippen molar-refractivity contribution < 1.29 is 23.8 Å². The minimum Gasteiger partial charge on any atom is -0.496 e. The molecule has 0 saturated carbocycles. The summed E-state index contributed by atoms with van der Waals surface area (Å²) in [6.07, 6.45) is 1.32. The number of carboxylic acid groups (broad SMARTS) is 1. The predicted molar refractivity (Wildman–Crippen MR) is 76.4 cm³/mol. The van der Waals surface area contributed by atoms with E-state index in [-0.39, 0.29) is 22.0 Å². The van der Waals surface area contributed by atoms with Crippen LogP contribution in [-0.2, 0) is 0 Å². The fourth-order valence-corrected chi connectivity index (χ4v) is 1.95. The third kappa shape index (κ3) is 3.17. The van der Waals surface area contributed by atoms with Gasteiger partial charge in [0.1, 0.15) is 23.3 Å². The Morgan fingerprint density at radius 1 is 1.33 bits per heavy atom. The highest BCUT2D eigenvalue weighted by atomic mass is 35.5. The van der Waals surface area contributed by atoms with Gasteiger partial charge in [-0.15, -0.1) is 0 Å². The largest absolute Gasteiger partial charge is 0.496 e. The van der Waals surface area contributed by atoms with Crippen molar-refractivity contribution in [3.05, 3.63) is 46.4 Å². The van der Waals surface area contributed by atoms with Gasteiger partial charge in [0.25, 0.3) is 5.91 Å². The van der Waals surface area contributed by atoms with E-state index in [2.05, 4.69) is 5.32 Å². The summed E-state index contributed by atoms with van der Waals surface area (Å²) in [4.78, 5) is 23.1. The van der Waals surface area contributed by atoms with Crippen LogP contribution in [0, 0.1) is 6.92 Å². The van der Waals surface area contributed by atoms with Gasteiger partial charge in [-0.2, -0.15) is 0 Å². The van der Waals surface area contributed by atoms with Crippen molar-refractivity contribution in [2.45, 2.75) is 6.92 Å². The molecule has 0 atom stereocenters. The molecule has 2 N–H and O–H groups in total. The zero-order chi connectivity index (χ0) is 15.6. The van der Waals surface area contributed by atoms with E-state index in [1.54, 1.807) is 13.0 Å². The summed E-state index contributed by atoms with van der Waals surface area (Å²) in [5.74, 6) is -0.883. The number of carbonyl (C=O) groups excluding carboxylic acids is 1. The zero-order valence-electron chi connectivity index (χ0n) is 11.3. The first-order valence-corrected chi connectivity index (χ1v) is 6.27. The number of aromatic carboxylic acids is 1. The Morgan fingerprint density at radius 2 is 2.05 bits per heavy atom. The first-order valence-electron chi connectivity index (χ1n) is 5.89. The smallest absolute Gasteiger partial charge is 0.339 e. The Morgan fingerprint density at radius 3 is 2.57 bits per heavy atom. The molecule has 110 valence electrons. The van der Waals surface area contributed by atoms with Crippen LogP contribution >= 0.6 is 11.6 Å². The number of anilines is 1. The second kappa shape index (κ2) is 5.88. The summed E-state index contributed by atoms with van der Waals surface area (Å²) >= 11 is 5.98. The van der Waals surface area contributed by atoms with Crippen LogP contribution in [-0.4, -0.2) is 24.1 Å². The first kappa shape index (κ1) is 14.9. The molecule has 0 bridgehead atoms. The van der Waals surface area contributed by atoms with Crippen molar-refractivity contribution >= 4 is 29.2 Å². The quantitative estimate of drug-likeness (QED) is 0.905. The van der Waals surface area contributed by atoms with E-state index in [1.165, 1.54) is 25.5 Å². The van der Waals surface area contributed by atoms with Crippen LogP contribution < -0.4 is 10.1 Å². The maximum atomic E-state index is 12.0. The molecule has 2 aromatic rings. The van der Waals surface area contributed by atoms with Crippen molar-refractivity contribution in [1.29, 1.82) is 0 Å². The van der Waals surface area contributed by atoms with Gasteiger partial charge in [0.05, 0.1) is 23.4 Å². The second-order valence-electron chi connectivity index (χ2n) is 4.24. The summed E-state index contributed by atoms with van der Waals surface area (Å²) in [5.41, 5.74) is 0.506. The van der Waals surface area contributed by atoms with E-state index in [0.29, 0.717) is 11.3 Å². The molecule has 1 amide bonds. The predicted octanol–water partition coefficient (Wildman–Crippen LogP) is 3.20. The molecule has 6 nitrogen and oxygen atoms in total. The molecule has 0 aliphatic carbocycles. The lowest BCUT2D eigenvalue weighted by Crippen LogP contribution is -2.12. The van der Waals surface area contributed by atoms with Crippen LogP contribution in [0.15, 0.2) is 28.9 Å². The van der Waals surface area contributed by atoms with Crippen LogP contribution in [0.4, 0.5) is 5.69 Å². The molecule has 0 spiro atoms. The lowest BCUT2D eigenvalue weighted by molar-refractivity contribution is 0.0693. The number of hydrogen-bond donors (Lipinski definition) is 2. The molecule has 2 rings (SSSR count). The summed E-state index contributed by atoms with van der Waals surface area (Å²) in [5, 5.41) is 11.7. The number of hydrogen-bond acceptors (Lipinski definition) is 4. The molecule has 1 heterocycles. The van der Waals surface area contributed by atoms with Crippen molar-refractivity contribution in [1.82, 2.24) is 0 Å². The number of halogens is 1. The minimum atomic E-state index is -1.17.